The molecule has 0 bridgehead atoms. The summed E-state index contributed by atoms with van der Waals surface area (Å²) in [6.45, 7) is 11.9. The Morgan fingerprint density at radius 1 is 1.26 bits per heavy atom. The standard InChI is InChI=1S/C14H25N5/c1-4-12(3)16-13-6-7-15-14(17-13)19-10-8-18(5-2)9-11-19/h6-7,12H,4-5,8-11H2,1-3H3,(H,15,16,17). The van der Waals surface area contributed by atoms with Gasteiger partial charge in [-0.25, -0.2) is 4.98 Å². The Morgan fingerprint density at radius 2 is 2.00 bits per heavy atom. The molecule has 1 fully saturated rings. The zero-order valence-electron chi connectivity index (χ0n) is 12.3. The number of rotatable bonds is 5. The molecule has 1 N–H and O–H groups in total. The topological polar surface area (TPSA) is 44.3 Å². The first-order valence-electron chi connectivity index (χ1n) is 7.29. The molecule has 2 heterocycles. The minimum absolute atomic E-state index is 0.444. The summed E-state index contributed by atoms with van der Waals surface area (Å²) in [5, 5.41) is 3.40. The van der Waals surface area contributed by atoms with Gasteiger partial charge in [0, 0.05) is 38.4 Å². The minimum Gasteiger partial charge on any atom is -0.367 e. The van der Waals surface area contributed by atoms with Crippen LogP contribution in [0, 0.1) is 0 Å². The maximum atomic E-state index is 4.62. The van der Waals surface area contributed by atoms with Crippen molar-refractivity contribution in [3.8, 4) is 0 Å². The molecule has 1 aliphatic rings. The largest absolute Gasteiger partial charge is 0.367 e. The summed E-state index contributed by atoms with van der Waals surface area (Å²) in [5.74, 6) is 1.78. The van der Waals surface area contributed by atoms with Gasteiger partial charge in [0.15, 0.2) is 0 Å². The maximum absolute atomic E-state index is 4.62. The number of piperazine rings is 1. The Balaban J connectivity index is 1.99. The van der Waals surface area contributed by atoms with E-state index in [2.05, 4.69) is 45.9 Å². The second-order valence-corrected chi connectivity index (χ2v) is 5.12. The fraction of sp³-hybridized carbons (Fsp3) is 0.714. The van der Waals surface area contributed by atoms with Gasteiger partial charge < -0.3 is 15.1 Å². The van der Waals surface area contributed by atoms with Gasteiger partial charge in [-0.3, -0.25) is 0 Å². The lowest BCUT2D eigenvalue weighted by atomic mass is 10.2. The van der Waals surface area contributed by atoms with Crippen LogP contribution in [0.4, 0.5) is 11.8 Å². The molecular formula is C14H25N5. The van der Waals surface area contributed by atoms with Gasteiger partial charge in [-0.1, -0.05) is 13.8 Å². The van der Waals surface area contributed by atoms with E-state index in [0.29, 0.717) is 6.04 Å². The second-order valence-electron chi connectivity index (χ2n) is 5.12. The van der Waals surface area contributed by atoms with E-state index in [1.54, 1.807) is 0 Å². The second kappa shape index (κ2) is 6.70. The van der Waals surface area contributed by atoms with Crippen molar-refractivity contribution in [2.75, 3.05) is 42.9 Å². The van der Waals surface area contributed by atoms with Crippen molar-refractivity contribution in [1.29, 1.82) is 0 Å². The fourth-order valence-electron chi connectivity index (χ4n) is 2.20. The molecule has 0 radical (unpaired) electrons. The van der Waals surface area contributed by atoms with E-state index in [4.69, 9.17) is 0 Å². The number of nitrogens with one attached hydrogen (secondary N) is 1. The van der Waals surface area contributed by atoms with Crippen LogP contribution in [0.1, 0.15) is 27.2 Å². The first-order chi connectivity index (χ1) is 9.22. The molecule has 1 aromatic rings. The number of likely N-dealkylation sites (N-methyl/N-ethyl adjacent to an activating group) is 1. The zero-order chi connectivity index (χ0) is 13.7. The highest BCUT2D eigenvalue weighted by Crippen LogP contribution is 2.14. The van der Waals surface area contributed by atoms with Crippen molar-refractivity contribution in [1.82, 2.24) is 14.9 Å². The Bertz CT molecular complexity index is 387. The summed E-state index contributed by atoms with van der Waals surface area (Å²) in [6.07, 6.45) is 2.94. The van der Waals surface area contributed by atoms with Crippen molar-refractivity contribution in [3.63, 3.8) is 0 Å². The third-order valence-electron chi connectivity index (χ3n) is 3.75. The van der Waals surface area contributed by atoms with E-state index in [0.717, 1.165) is 50.9 Å². The summed E-state index contributed by atoms with van der Waals surface area (Å²) in [5.41, 5.74) is 0. The number of hydrogen-bond donors (Lipinski definition) is 1. The van der Waals surface area contributed by atoms with Gasteiger partial charge >= 0.3 is 0 Å². The summed E-state index contributed by atoms with van der Waals surface area (Å²) in [6, 6.07) is 2.39. The van der Waals surface area contributed by atoms with E-state index in [1.807, 2.05) is 12.3 Å². The molecule has 0 aliphatic carbocycles. The zero-order valence-corrected chi connectivity index (χ0v) is 12.3. The van der Waals surface area contributed by atoms with Gasteiger partial charge in [0.25, 0.3) is 0 Å². The monoisotopic (exact) mass is 263 g/mol. The minimum atomic E-state index is 0.444. The highest BCUT2D eigenvalue weighted by molar-refractivity contribution is 5.42. The Hall–Kier alpha value is -1.36. The predicted octanol–water partition coefficient (Wildman–Crippen LogP) is 1.83. The van der Waals surface area contributed by atoms with Crippen LogP contribution in [0.15, 0.2) is 12.3 Å². The van der Waals surface area contributed by atoms with E-state index in [1.165, 1.54) is 0 Å². The van der Waals surface area contributed by atoms with Crippen LogP contribution in [-0.2, 0) is 0 Å². The van der Waals surface area contributed by atoms with Crippen LogP contribution in [-0.4, -0.2) is 53.6 Å². The van der Waals surface area contributed by atoms with Crippen LogP contribution in [0.2, 0.25) is 0 Å². The molecule has 1 aromatic heterocycles. The smallest absolute Gasteiger partial charge is 0.227 e. The van der Waals surface area contributed by atoms with Crippen molar-refractivity contribution >= 4 is 11.8 Å². The van der Waals surface area contributed by atoms with Crippen molar-refractivity contribution < 1.29 is 0 Å². The predicted molar refractivity (Wildman–Crippen MR) is 79.7 cm³/mol. The van der Waals surface area contributed by atoms with Crippen LogP contribution in [0.5, 0.6) is 0 Å². The highest BCUT2D eigenvalue weighted by atomic mass is 15.3. The lowest BCUT2D eigenvalue weighted by Crippen LogP contribution is -2.46. The van der Waals surface area contributed by atoms with Gasteiger partial charge in [0.05, 0.1) is 0 Å². The van der Waals surface area contributed by atoms with Crippen LogP contribution in [0.3, 0.4) is 0 Å². The molecule has 1 aliphatic heterocycles. The van der Waals surface area contributed by atoms with E-state index in [9.17, 15) is 0 Å². The molecule has 1 unspecified atom stereocenters. The fourth-order valence-corrected chi connectivity index (χ4v) is 2.20. The first-order valence-corrected chi connectivity index (χ1v) is 7.29. The summed E-state index contributed by atoms with van der Waals surface area (Å²) < 4.78 is 0. The number of hydrogen-bond acceptors (Lipinski definition) is 5. The molecule has 1 saturated heterocycles. The van der Waals surface area contributed by atoms with Gasteiger partial charge in [-0.2, -0.15) is 4.98 Å². The SMILES string of the molecule is CCC(C)Nc1ccnc(N2CCN(CC)CC2)n1. The molecule has 0 spiro atoms. The van der Waals surface area contributed by atoms with E-state index >= 15 is 0 Å². The third-order valence-corrected chi connectivity index (χ3v) is 3.75. The average Bonchev–Trinajstić information content (AvgIpc) is 2.47. The Labute approximate surface area is 116 Å². The molecule has 106 valence electrons. The van der Waals surface area contributed by atoms with Crippen molar-refractivity contribution in [2.24, 2.45) is 0 Å². The van der Waals surface area contributed by atoms with E-state index < -0.39 is 0 Å². The van der Waals surface area contributed by atoms with Gasteiger partial charge in [0.1, 0.15) is 5.82 Å². The van der Waals surface area contributed by atoms with Gasteiger partial charge in [-0.15, -0.1) is 0 Å². The molecule has 0 aromatic carbocycles. The molecule has 5 heteroatoms. The third kappa shape index (κ3) is 3.80. The number of anilines is 2. The Kier molecular flexibility index (Phi) is 4.96. The van der Waals surface area contributed by atoms with Crippen molar-refractivity contribution in [3.05, 3.63) is 12.3 Å². The quantitative estimate of drug-likeness (QED) is 0.878. The average molecular weight is 263 g/mol. The molecule has 1 atom stereocenters. The molecule has 5 nitrogen and oxygen atoms in total. The highest BCUT2D eigenvalue weighted by Gasteiger charge is 2.17. The number of nitrogens with zero attached hydrogens (tertiary/aromatic N) is 4. The van der Waals surface area contributed by atoms with Crippen LogP contribution < -0.4 is 10.2 Å². The molecule has 19 heavy (non-hydrogen) atoms. The first kappa shape index (κ1) is 14.1. The van der Waals surface area contributed by atoms with Crippen molar-refractivity contribution in [2.45, 2.75) is 33.2 Å². The normalized spacial score (nSPS) is 18.4. The summed E-state index contributed by atoms with van der Waals surface area (Å²) >= 11 is 0. The Morgan fingerprint density at radius 3 is 2.63 bits per heavy atom. The van der Waals surface area contributed by atoms with Crippen LogP contribution >= 0.6 is 0 Å². The molecule has 0 amide bonds. The summed E-state index contributed by atoms with van der Waals surface area (Å²) in [4.78, 5) is 13.8. The van der Waals surface area contributed by atoms with Crippen LogP contribution in [0.25, 0.3) is 0 Å². The van der Waals surface area contributed by atoms with Gasteiger partial charge in [-0.05, 0) is 26.0 Å². The lowest BCUT2D eigenvalue weighted by molar-refractivity contribution is 0.270. The number of aromatic nitrogens is 2. The molecule has 2 rings (SSSR count). The lowest BCUT2D eigenvalue weighted by Gasteiger charge is -2.34. The maximum Gasteiger partial charge on any atom is 0.227 e. The molecular weight excluding hydrogens is 238 g/mol. The van der Waals surface area contributed by atoms with Gasteiger partial charge in [0.2, 0.25) is 5.95 Å². The molecule has 0 saturated carbocycles. The summed E-state index contributed by atoms with van der Waals surface area (Å²) in [7, 11) is 0. The van der Waals surface area contributed by atoms with E-state index in [-0.39, 0.29) is 0 Å².